The van der Waals surface area contributed by atoms with Crippen LogP contribution in [-0.4, -0.2) is 15.2 Å². The molecule has 1 rings (SSSR count). The lowest BCUT2D eigenvalue weighted by molar-refractivity contribution is -0.144. The maximum absolute atomic E-state index is 12.3. The zero-order valence-corrected chi connectivity index (χ0v) is 6.16. The minimum Gasteiger partial charge on any atom is -0.255 e. The zero-order valence-electron chi connectivity index (χ0n) is 6.16. The predicted octanol–water partition coefficient (Wildman–Crippen LogP) is 2.36. The molecule has 0 aliphatic rings. The fraction of sp³-hybridized carbons (Fsp3) is 0.200. The van der Waals surface area contributed by atoms with Crippen molar-refractivity contribution >= 4 is 5.83 Å². The number of alkyl halides is 3. The highest BCUT2D eigenvalue weighted by atomic mass is 19.4. The van der Waals surface area contributed by atoms with Gasteiger partial charge in [-0.05, 0) is 0 Å². The van der Waals surface area contributed by atoms with Crippen LogP contribution in [0, 0.1) is 0 Å². The summed E-state index contributed by atoms with van der Waals surface area (Å²) in [5, 5.41) is 3.92. The Morgan fingerprint density at radius 2 is 1.71 bits per heavy atom. The molecular formula is C5HF6N3. The van der Waals surface area contributed by atoms with Crippen LogP contribution in [0.15, 0.2) is 6.08 Å². The van der Waals surface area contributed by atoms with Gasteiger partial charge in [-0.25, -0.2) is 4.98 Å². The van der Waals surface area contributed by atoms with Crippen LogP contribution in [0.1, 0.15) is 11.6 Å². The van der Waals surface area contributed by atoms with E-state index in [0.29, 0.717) is 0 Å². The molecule has 0 amide bonds. The van der Waals surface area contributed by atoms with Crippen LogP contribution in [0.5, 0.6) is 0 Å². The maximum atomic E-state index is 12.3. The van der Waals surface area contributed by atoms with Crippen molar-refractivity contribution in [2.75, 3.05) is 0 Å². The monoisotopic (exact) mass is 217 g/mol. The first kappa shape index (κ1) is 10.5. The van der Waals surface area contributed by atoms with Gasteiger partial charge >= 0.3 is 12.3 Å². The Labute approximate surface area is 72.4 Å². The molecule has 0 unspecified atom stereocenters. The largest absolute Gasteiger partial charge is 0.451 e. The minimum absolute atomic E-state index is 1.29. The van der Waals surface area contributed by atoms with Crippen molar-refractivity contribution in [2.24, 2.45) is 0 Å². The molecule has 14 heavy (non-hydrogen) atoms. The van der Waals surface area contributed by atoms with E-state index in [0.717, 1.165) is 0 Å². The van der Waals surface area contributed by atoms with Crippen LogP contribution in [0.25, 0.3) is 5.83 Å². The van der Waals surface area contributed by atoms with Gasteiger partial charge in [-0.1, -0.05) is 0 Å². The number of hydrogen-bond acceptors (Lipinski definition) is 2. The second kappa shape index (κ2) is 3.31. The van der Waals surface area contributed by atoms with Crippen LogP contribution in [-0.2, 0) is 6.18 Å². The molecule has 0 spiro atoms. The number of halogens is 6. The molecule has 78 valence electrons. The van der Waals surface area contributed by atoms with Gasteiger partial charge in [-0.2, -0.15) is 31.4 Å². The molecule has 1 heterocycles. The molecule has 1 aromatic rings. The van der Waals surface area contributed by atoms with Crippen LogP contribution < -0.4 is 0 Å². The highest BCUT2D eigenvalue weighted by molar-refractivity contribution is 5.51. The Hall–Kier alpha value is -1.54. The van der Waals surface area contributed by atoms with Gasteiger partial charge in [-0.3, -0.25) is 5.10 Å². The third kappa shape index (κ3) is 2.03. The molecule has 0 aliphatic carbocycles. The van der Waals surface area contributed by atoms with E-state index in [1.165, 1.54) is 5.10 Å². The summed E-state index contributed by atoms with van der Waals surface area (Å²) in [7, 11) is 0. The molecule has 1 aromatic heterocycles. The quantitative estimate of drug-likeness (QED) is 0.733. The van der Waals surface area contributed by atoms with E-state index in [4.69, 9.17) is 0 Å². The molecule has 9 heteroatoms. The Balaban J connectivity index is 3.07. The molecular weight excluding hydrogens is 216 g/mol. The molecule has 0 saturated heterocycles. The minimum atomic E-state index is -4.88. The summed E-state index contributed by atoms with van der Waals surface area (Å²) in [6.07, 6.45) is -7.66. The smallest absolute Gasteiger partial charge is 0.255 e. The number of H-pyrrole nitrogens is 1. The van der Waals surface area contributed by atoms with E-state index < -0.39 is 29.7 Å². The first-order valence-electron chi connectivity index (χ1n) is 3.03. The molecule has 0 saturated carbocycles. The lowest BCUT2D eigenvalue weighted by atomic mass is 10.5. The molecule has 0 bridgehead atoms. The number of hydrogen-bond donors (Lipinski definition) is 1. The Bertz CT molecular complexity index is 360. The fourth-order valence-electron chi connectivity index (χ4n) is 0.571. The molecule has 0 atom stereocenters. The van der Waals surface area contributed by atoms with Crippen LogP contribution >= 0.6 is 0 Å². The number of nitrogens with zero attached hydrogens (tertiary/aromatic N) is 2. The number of aromatic amines is 1. The summed E-state index contributed by atoms with van der Waals surface area (Å²) in [5.74, 6) is -5.14. The maximum Gasteiger partial charge on any atom is 0.451 e. The van der Waals surface area contributed by atoms with Gasteiger partial charge in [0, 0.05) is 0 Å². The topological polar surface area (TPSA) is 41.6 Å². The average Bonchev–Trinajstić information content (AvgIpc) is 2.49. The van der Waals surface area contributed by atoms with Crippen molar-refractivity contribution in [2.45, 2.75) is 6.18 Å². The molecule has 0 aliphatic heterocycles. The zero-order chi connectivity index (χ0) is 10.9. The summed E-state index contributed by atoms with van der Waals surface area (Å²) in [4.78, 5) is 2.50. The van der Waals surface area contributed by atoms with Crippen molar-refractivity contribution in [3.05, 3.63) is 17.7 Å². The van der Waals surface area contributed by atoms with E-state index in [1.807, 2.05) is 0 Å². The van der Waals surface area contributed by atoms with Crippen LogP contribution in [0.3, 0.4) is 0 Å². The van der Waals surface area contributed by atoms with Gasteiger partial charge in [0.2, 0.25) is 17.5 Å². The molecule has 1 N–H and O–H groups in total. The first-order chi connectivity index (χ1) is 6.32. The van der Waals surface area contributed by atoms with E-state index in [-0.39, 0.29) is 0 Å². The van der Waals surface area contributed by atoms with Gasteiger partial charge < -0.3 is 0 Å². The third-order valence-electron chi connectivity index (χ3n) is 1.12. The van der Waals surface area contributed by atoms with Gasteiger partial charge in [-0.15, -0.1) is 0 Å². The van der Waals surface area contributed by atoms with Crippen molar-refractivity contribution in [3.8, 4) is 0 Å². The van der Waals surface area contributed by atoms with E-state index in [9.17, 15) is 26.3 Å². The van der Waals surface area contributed by atoms with E-state index >= 15 is 0 Å². The first-order valence-corrected chi connectivity index (χ1v) is 3.03. The standard InChI is InChI=1S/C5HF6N3/c6-1(2(7)8)3-12-4(14-13-3)5(9,10)11/h(H,12,13,14). The third-order valence-corrected chi connectivity index (χ3v) is 1.12. The van der Waals surface area contributed by atoms with E-state index in [1.54, 1.807) is 0 Å². The lowest BCUT2D eigenvalue weighted by Crippen LogP contribution is -2.07. The fourth-order valence-corrected chi connectivity index (χ4v) is 0.571. The van der Waals surface area contributed by atoms with Crippen molar-refractivity contribution in [1.29, 1.82) is 0 Å². The Kier molecular flexibility index (Phi) is 2.49. The van der Waals surface area contributed by atoms with Crippen molar-refractivity contribution in [1.82, 2.24) is 15.2 Å². The summed E-state index contributed by atoms with van der Waals surface area (Å²) < 4.78 is 70.8. The number of aromatic nitrogens is 3. The van der Waals surface area contributed by atoms with Crippen molar-refractivity contribution < 1.29 is 26.3 Å². The molecule has 3 nitrogen and oxygen atoms in total. The van der Waals surface area contributed by atoms with Crippen LogP contribution in [0.2, 0.25) is 0 Å². The molecule has 0 aromatic carbocycles. The van der Waals surface area contributed by atoms with Gasteiger partial charge in [0.1, 0.15) is 0 Å². The molecule has 0 radical (unpaired) electrons. The molecule has 0 fully saturated rings. The predicted molar refractivity (Wildman–Crippen MR) is 31.6 cm³/mol. The number of nitrogens with one attached hydrogen (secondary N) is 1. The Morgan fingerprint density at radius 3 is 2.07 bits per heavy atom. The van der Waals surface area contributed by atoms with E-state index in [2.05, 4.69) is 10.1 Å². The highest BCUT2D eigenvalue weighted by Crippen LogP contribution is 2.27. The van der Waals surface area contributed by atoms with Gasteiger partial charge in [0.05, 0.1) is 0 Å². The average molecular weight is 217 g/mol. The second-order valence-electron chi connectivity index (χ2n) is 2.08. The Morgan fingerprint density at radius 1 is 1.14 bits per heavy atom. The summed E-state index contributed by atoms with van der Waals surface area (Å²) in [6, 6.07) is 0. The normalized spacial score (nSPS) is 11.6. The SMILES string of the molecule is FC(F)=C(F)c1n[nH]c(C(F)(F)F)n1. The van der Waals surface area contributed by atoms with Crippen molar-refractivity contribution in [3.63, 3.8) is 0 Å². The highest BCUT2D eigenvalue weighted by Gasteiger charge is 2.36. The number of rotatable bonds is 1. The van der Waals surface area contributed by atoms with Crippen LogP contribution in [0.4, 0.5) is 26.3 Å². The summed E-state index contributed by atoms with van der Waals surface area (Å²) in [6.45, 7) is 0. The van der Waals surface area contributed by atoms with Gasteiger partial charge in [0.15, 0.2) is 0 Å². The van der Waals surface area contributed by atoms with Gasteiger partial charge in [0.25, 0.3) is 0 Å². The summed E-state index contributed by atoms with van der Waals surface area (Å²) >= 11 is 0. The summed E-state index contributed by atoms with van der Waals surface area (Å²) in [5.41, 5.74) is 0. The lowest BCUT2D eigenvalue weighted by Gasteiger charge is -1.97. The second-order valence-corrected chi connectivity index (χ2v) is 2.08.